The second-order valence-electron chi connectivity index (χ2n) is 8.06. The lowest BCUT2D eigenvalue weighted by Gasteiger charge is -2.33. The van der Waals surface area contributed by atoms with Gasteiger partial charge in [-0.3, -0.25) is 9.59 Å². The molecule has 2 aromatic carbocycles. The Labute approximate surface area is 174 Å². The highest BCUT2D eigenvalue weighted by Gasteiger charge is 2.39. The molecule has 1 fully saturated rings. The normalized spacial score (nSPS) is 20.3. The maximum Gasteiger partial charge on any atom is 0.232 e. The van der Waals surface area contributed by atoms with E-state index in [2.05, 4.69) is 0 Å². The molecule has 30 heavy (non-hydrogen) atoms. The zero-order chi connectivity index (χ0) is 20.8. The summed E-state index contributed by atoms with van der Waals surface area (Å²) >= 11 is 0. The Morgan fingerprint density at radius 2 is 1.93 bits per heavy atom. The van der Waals surface area contributed by atoms with E-state index in [0.717, 1.165) is 29.7 Å². The van der Waals surface area contributed by atoms with Gasteiger partial charge in [0.25, 0.3) is 0 Å². The van der Waals surface area contributed by atoms with Crippen LogP contribution < -0.4 is 19.3 Å². The van der Waals surface area contributed by atoms with Crippen molar-refractivity contribution in [3.8, 4) is 11.5 Å². The van der Waals surface area contributed by atoms with Crippen molar-refractivity contribution in [1.29, 1.82) is 0 Å². The van der Waals surface area contributed by atoms with Crippen molar-refractivity contribution in [3.05, 3.63) is 47.3 Å². The summed E-state index contributed by atoms with van der Waals surface area (Å²) in [5, 5.41) is 0. The Kier molecular flexibility index (Phi) is 4.60. The molecule has 0 saturated carbocycles. The fourth-order valence-electron chi connectivity index (χ4n) is 4.68. The van der Waals surface area contributed by atoms with Crippen LogP contribution in [0.5, 0.6) is 11.5 Å². The highest BCUT2D eigenvalue weighted by molar-refractivity contribution is 6.05. The number of fused-ring (bicyclic) bond motifs is 2. The second-order valence-corrected chi connectivity index (χ2v) is 8.06. The van der Waals surface area contributed by atoms with Gasteiger partial charge in [0, 0.05) is 37.0 Å². The largest absolute Gasteiger partial charge is 0.486 e. The number of hydrogen-bond donors (Lipinski definition) is 0. The second kappa shape index (κ2) is 7.31. The summed E-state index contributed by atoms with van der Waals surface area (Å²) in [6.07, 6.45) is 1.71. The van der Waals surface area contributed by atoms with E-state index in [1.54, 1.807) is 21.9 Å². The van der Waals surface area contributed by atoms with Crippen LogP contribution in [0.25, 0.3) is 0 Å². The van der Waals surface area contributed by atoms with Gasteiger partial charge >= 0.3 is 0 Å². The van der Waals surface area contributed by atoms with E-state index in [1.807, 2.05) is 13.0 Å². The van der Waals surface area contributed by atoms with Gasteiger partial charge in [0.2, 0.25) is 11.8 Å². The molecule has 1 unspecified atom stereocenters. The number of carbonyl (C=O) groups is 2. The molecule has 0 radical (unpaired) electrons. The molecule has 0 N–H and O–H groups in total. The van der Waals surface area contributed by atoms with Gasteiger partial charge in [0.1, 0.15) is 19.0 Å². The molecular formula is C23H23FN2O4. The van der Waals surface area contributed by atoms with Crippen molar-refractivity contribution in [2.45, 2.75) is 26.2 Å². The standard InChI is InChI=1S/C23H23FN2O4/c1-14-9-17(24)10-15-3-2-6-25(22(14)15)23(28)16-11-21(27)26(13-16)18-4-5-19-20(12-18)30-8-7-29-19/h4-5,9-10,12,16H,2-3,6-8,11,13H2,1H3. The summed E-state index contributed by atoms with van der Waals surface area (Å²) in [5.74, 6) is 0.417. The molecule has 1 atom stereocenters. The number of rotatable bonds is 2. The van der Waals surface area contributed by atoms with Crippen molar-refractivity contribution in [3.63, 3.8) is 0 Å². The third-order valence-corrected chi connectivity index (χ3v) is 6.02. The molecule has 3 aliphatic rings. The van der Waals surface area contributed by atoms with Gasteiger partial charge in [-0.05, 0) is 55.2 Å². The Bertz CT molecular complexity index is 1040. The first-order chi connectivity index (χ1) is 14.5. The number of ether oxygens (including phenoxy) is 2. The summed E-state index contributed by atoms with van der Waals surface area (Å²) < 4.78 is 25.0. The first kappa shape index (κ1) is 18.9. The third-order valence-electron chi connectivity index (χ3n) is 6.02. The Balaban J connectivity index is 1.38. The molecule has 6 nitrogen and oxygen atoms in total. The predicted octanol–water partition coefficient (Wildman–Crippen LogP) is 3.24. The number of amides is 2. The maximum atomic E-state index is 13.8. The lowest BCUT2D eigenvalue weighted by molar-refractivity contribution is -0.124. The van der Waals surface area contributed by atoms with Crippen molar-refractivity contribution in [2.75, 3.05) is 36.1 Å². The van der Waals surface area contributed by atoms with E-state index in [1.165, 1.54) is 12.1 Å². The molecule has 1 saturated heterocycles. The van der Waals surface area contributed by atoms with E-state index in [0.29, 0.717) is 43.5 Å². The van der Waals surface area contributed by atoms with Crippen LogP contribution in [0.3, 0.4) is 0 Å². The summed E-state index contributed by atoms with van der Waals surface area (Å²) in [4.78, 5) is 29.5. The smallest absolute Gasteiger partial charge is 0.232 e. The van der Waals surface area contributed by atoms with Crippen molar-refractivity contribution in [1.82, 2.24) is 0 Å². The minimum atomic E-state index is -0.430. The molecule has 0 spiro atoms. The first-order valence-corrected chi connectivity index (χ1v) is 10.3. The van der Waals surface area contributed by atoms with E-state index in [4.69, 9.17) is 9.47 Å². The molecule has 5 rings (SSSR count). The molecular weight excluding hydrogens is 387 g/mol. The Morgan fingerprint density at radius 3 is 2.77 bits per heavy atom. The van der Waals surface area contributed by atoms with E-state index < -0.39 is 5.92 Å². The van der Waals surface area contributed by atoms with Gasteiger partial charge in [-0.25, -0.2) is 4.39 Å². The number of hydrogen-bond acceptors (Lipinski definition) is 4. The average molecular weight is 410 g/mol. The van der Waals surface area contributed by atoms with Crippen LogP contribution in [0, 0.1) is 18.7 Å². The number of nitrogens with zero attached hydrogens (tertiary/aromatic N) is 2. The summed E-state index contributed by atoms with van der Waals surface area (Å²) in [7, 11) is 0. The number of anilines is 2. The lowest BCUT2D eigenvalue weighted by atomic mass is 9.96. The van der Waals surface area contributed by atoms with Crippen LogP contribution in [0.1, 0.15) is 24.0 Å². The van der Waals surface area contributed by atoms with Gasteiger partial charge in [-0.1, -0.05) is 0 Å². The Hall–Kier alpha value is -3.09. The van der Waals surface area contributed by atoms with Gasteiger partial charge < -0.3 is 19.3 Å². The lowest BCUT2D eigenvalue weighted by Crippen LogP contribution is -2.41. The average Bonchev–Trinajstić information content (AvgIpc) is 3.13. The first-order valence-electron chi connectivity index (χ1n) is 10.3. The van der Waals surface area contributed by atoms with Gasteiger partial charge in [0.05, 0.1) is 5.92 Å². The zero-order valence-electron chi connectivity index (χ0n) is 16.8. The van der Waals surface area contributed by atoms with Crippen molar-refractivity contribution in [2.24, 2.45) is 5.92 Å². The fraction of sp³-hybridized carbons (Fsp3) is 0.391. The van der Waals surface area contributed by atoms with Gasteiger partial charge in [-0.2, -0.15) is 0 Å². The van der Waals surface area contributed by atoms with Gasteiger partial charge in [-0.15, -0.1) is 0 Å². The van der Waals surface area contributed by atoms with E-state index in [9.17, 15) is 14.0 Å². The molecule has 0 aliphatic carbocycles. The van der Waals surface area contributed by atoms with Crippen LogP contribution in [0.2, 0.25) is 0 Å². The minimum Gasteiger partial charge on any atom is -0.486 e. The SMILES string of the molecule is Cc1cc(F)cc2c1N(C(=O)C1CC(=O)N(c3ccc4c(c3)OCCO4)C1)CCC2. The molecule has 2 aromatic rings. The van der Waals surface area contributed by atoms with Crippen molar-refractivity contribution >= 4 is 23.2 Å². The number of halogens is 1. The molecule has 7 heteroatoms. The molecule has 0 aromatic heterocycles. The van der Waals surface area contributed by atoms with Crippen LogP contribution in [-0.4, -0.2) is 38.1 Å². The molecule has 3 aliphatic heterocycles. The van der Waals surface area contributed by atoms with Crippen molar-refractivity contribution < 1.29 is 23.5 Å². The number of carbonyl (C=O) groups excluding carboxylic acids is 2. The maximum absolute atomic E-state index is 13.8. The monoisotopic (exact) mass is 410 g/mol. The minimum absolute atomic E-state index is 0.0703. The fourth-order valence-corrected chi connectivity index (χ4v) is 4.68. The van der Waals surface area contributed by atoms with Crippen LogP contribution in [-0.2, 0) is 16.0 Å². The highest BCUT2D eigenvalue weighted by Crippen LogP contribution is 2.38. The topological polar surface area (TPSA) is 59.1 Å². The highest BCUT2D eigenvalue weighted by atomic mass is 19.1. The van der Waals surface area contributed by atoms with Gasteiger partial charge in [0.15, 0.2) is 11.5 Å². The predicted molar refractivity (Wildman–Crippen MR) is 110 cm³/mol. The molecule has 0 bridgehead atoms. The molecule has 156 valence electrons. The third kappa shape index (κ3) is 3.18. The number of benzene rings is 2. The number of aryl methyl sites for hydroxylation is 2. The van der Waals surface area contributed by atoms with Crippen LogP contribution >= 0.6 is 0 Å². The zero-order valence-corrected chi connectivity index (χ0v) is 16.8. The molecule has 3 heterocycles. The molecule has 2 amide bonds. The van der Waals surface area contributed by atoms with Crippen LogP contribution in [0.15, 0.2) is 30.3 Å². The Morgan fingerprint density at radius 1 is 1.13 bits per heavy atom. The van der Waals surface area contributed by atoms with E-state index >= 15 is 0 Å². The quantitative estimate of drug-likeness (QED) is 0.763. The summed E-state index contributed by atoms with van der Waals surface area (Å²) in [6.45, 7) is 3.72. The summed E-state index contributed by atoms with van der Waals surface area (Å²) in [6, 6.07) is 8.39. The van der Waals surface area contributed by atoms with E-state index in [-0.39, 0.29) is 24.1 Å². The summed E-state index contributed by atoms with van der Waals surface area (Å²) in [5.41, 5.74) is 3.13. The van der Waals surface area contributed by atoms with Crippen LogP contribution in [0.4, 0.5) is 15.8 Å².